The Morgan fingerprint density at radius 2 is 1.94 bits per heavy atom. The van der Waals surface area contributed by atoms with Crippen LogP contribution >= 0.6 is 0 Å². The molecule has 2 amide bonds. The third kappa shape index (κ3) is 6.27. The standard InChI is InChI=1S/C24H34N4O7/c1-12(2)17-23-28-18(22-26-15(11-34-22)24(32)33-5)16(35-23)10-8-6-7-9-14(20(30)27-17)25-21(31)19(29)13(3)4/h11-14,17,19,29H,6-10H2,1-5H3,(H,25,31)(H,27,30)/t14-,17?,19-/m0/s1. The molecule has 0 aromatic carbocycles. The lowest BCUT2D eigenvalue weighted by molar-refractivity contribution is -0.136. The summed E-state index contributed by atoms with van der Waals surface area (Å²) in [5.74, 6) is -0.960. The molecule has 1 aliphatic rings. The van der Waals surface area contributed by atoms with Gasteiger partial charge in [0.1, 0.15) is 30.2 Å². The number of carbonyl (C=O) groups is 3. The Hall–Kier alpha value is -3.21. The predicted molar refractivity (Wildman–Crippen MR) is 124 cm³/mol. The second-order valence-corrected chi connectivity index (χ2v) is 9.43. The molecule has 3 N–H and O–H groups in total. The summed E-state index contributed by atoms with van der Waals surface area (Å²) in [7, 11) is 1.26. The molecule has 0 aliphatic carbocycles. The van der Waals surface area contributed by atoms with Crippen LogP contribution in [-0.2, 0) is 20.7 Å². The van der Waals surface area contributed by atoms with Gasteiger partial charge in [-0.25, -0.2) is 14.8 Å². The zero-order chi connectivity index (χ0) is 25.7. The number of amides is 2. The Morgan fingerprint density at radius 1 is 1.20 bits per heavy atom. The minimum absolute atomic E-state index is 0.0202. The lowest BCUT2D eigenvalue weighted by Crippen LogP contribution is -2.51. The van der Waals surface area contributed by atoms with Gasteiger partial charge >= 0.3 is 5.97 Å². The van der Waals surface area contributed by atoms with E-state index in [1.54, 1.807) is 13.8 Å². The molecule has 0 fully saturated rings. The largest absolute Gasteiger partial charge is 0.464 e. The van der Waals surface area contributed by atoms with Gasteiger partial charge in [-0.05, 0) is 24.7 Å². The minimum Gasteiger partial charge on any atom is -0.464 e. The Morgan fingerprint density at radius 3 is 2.60 bits per heavy atom. The number of hydrogen-bond donors (Lipinski definition) is 3. The van der Waals surface area contributed by atoms with E-state index in [1.165, 1.54) is 13.4 Å². The van der Waals surface area contributed by atoms with Crippen LogP contribution in [0.1, 0.15) is 81.6 Å². The number of carbonyl (C=O) groups excluding carboxylic acids is 3. The Kier molecular flexibility index (Phi) is 8.66. The molecule has 192 valence electrons. The van der Waals surface area contributed by atoms with Gasteiger partial charge in [-0.1, -0.05) is 40.5 Å². The second kappa shape index (κ2) is 11.5. The number of nitrogens with zero attached hydrogens (tertiary/aromatic N) is 2. The van der Waals surface area contributed by atoms with Crippen molar-refractivity contribution in [2.45, 2.75) is 78.0 Å². The van der Waals surface area contributed by atoms with E-state index >= 15 is 0 Å². The van der Waals surface area contributed by atoms with Gasteiger partial charge < -0.3 is 29.3 Å². The van der Waals surface area contributed by atoms with Gasteiger partial charge in [0.2, 0.25) is 23.6 Å². The Bertz CT molecular complexity index is 1040. The van der Waals surface area contributed by atoms with Gasteiger partial charge in [-0.3, -0.25) is 9.59 Å². The number of aromatic nitrogens is 2. The summed E-state index contributed by atoms with van der Waals surface area (Å²) in [5.41, 5.74) is 0.394. The van der Waals surface area contributed by atoms with E-state index in [2.05, 4.69) is 25.3 Å². The Balaban J connectivity index is 1.90. The molecule has 0 spiro atoms. The summed E-state index contributed by atoms with van der Waals surface area (Å²) in [5, 5.41) is 15.7. The van der Waals surface area contributed by atoms with Crippen LogP contribution in [0, 0.1) is 11.8 Å². The number of rotatable bonds is 6. The van der Waals surface area contributed by atoms with Crippen molar-refractivity contribution in [1.82, 2.24) is 20.6 Å². The first kappa shape index (κ1) is 26.4. The number of methoxy groups -OCH3 is 1. The molecule has 2 bridgehead atoms. The molecular formula is C24H34N4O7. The molecule has 35 heavy (non-hydrogen) atoms. The molecule has 1 unspecified atom stereocenters. The van der Waals surface area contributed by atoms with Crippen molar-refractivity contribution in [2.24, 2.45) is 11.8 Å². The molecule has 0 saturated heterocycles. The third-order valence-electron chi connectivity index (χ3n) is 5.98. The molecule has 1 aliphatic heterocycles. The number of ether oxygens (including phenoxy) is 1. The van der Waals surface area contributed by atoms with Crippen molar-refractivity contribution in [2.75, 3.05) is 7.11 Å². The number of aliphatic hydroxyl groups is 1. The van der Waals surface area contributed by atoms with Gasteiger partial charge in [-0.15, -0.1) is 0 Å². The first-order valence-corrected chi connectivity index (χ1v) is 11.9. The lowest BCUT2D eigenvalue weighted by Gasteiger charge is -2.25. The van der Waals surface area contributed by atoms with E-state index in [9.17, 15) is 19.5 Å². The average Bonchev–Trinajstić information content (AvgIpc) is 3.46. The molecule has 11 heteroatoms. The fourth-order valence-electron chi connectivity index (χ4n) is 3.83. The molecule has 2 aromatic rings. The Labute approximate surface area is 204 Å². The monoisotopic (exact) mass is 490 g/mol. The van der Waals surface area contributed by atoms with Crippen LogP contribution in [0.2, 0.25) is 0 Å². The topological polar surface area (TPSA) is 157 Å². The highest BCUT2D eigenvalue weighted by Crippen LogP contribution is 2.31. The molecule has 11 nitrogen and oxygen atoms in total. The average molecular weight is 491 g/mol. The maximum atomic E-state index is 13.2. The first-order valence-electron chi connectivity index (χ1n) is 11.9. The summed E-state index contributed by atoms with van der Waals surface area (Å²) >= 11 is 0. The van der Waals surface area contributed by atoms with Crippen LogP contribution < -0.4 is 10.6 Å². The zero-order valence-corrected chi connectivity index (χ0v) is 20.8. The van der Waals surface area contributed by atoms with Crippen molar-refractivity contribution in [3.05, 3.63) is 23.6 Å². The van der Waals surface area contributed by atoms with Crippen LogP contribution in [-0.4, -0.2) is 52.1 Å². The van der Waals surface area contributed by atoms with Crippen molar-refractivity contribution in [3.63, 3.8) is 0 Å². The number of aliphatic hydroxyl groups excluding tert-OH is 1. The van der Waals surface area contributed by atoms with Crippen LogP contribution in [0.3, 0.4) is 0 Å². The van der Waals surface area contributed by atoms with Crippen LogP contribution in [0.4, 0.5) is 0 Å². The van der Waals surface area contributed by atoms with E-state index < -0.39 is 30.1 Å². The highest BCUT2D eigenvalue weighted by molar-refractivity contribution is 5.89. The van der Waals surface area contributed by atoms with Gasteiger partial charge in [0.25, 0.3) is 0 Å². The lowest BCUT2D eigenvalue weighted by atomic mass is 10.0. The maximum absolute atomic E-state index is 13.2. The number of oxazole rings is 2. The van der Waals surface area contributed by atoms with Crippen LogP contribution in [0.25, 0.3) is 11.6 Å². The van der Waals surface area contributed by atoms with Crippen molar-refractivity contribution in [1.29, 1.82) is 0 Å². The highest BCUT2D eigenvalue weighted by Gasteiger charge is 2.32. The third-order valence-corrected chi connectivity index (χ3v) is 5.98. The molecule has 0 saturated carbocycles. The minimum atomic E-state index is -1.20. The quantitative estimate of drug-likeness (QED) is 0.518. The number of aryl methyl sites for hydroxylation is 1. The van der Waals surface area contributed by atoms with Crippen molar-refractivity contribution < 1.29 is 33.1 Å². The van der Waals surface area contributed by atoms with Crippen LogP contribution in [0.15, 0.2) is 15.1 Å². The van der Waals surface area contributed by atoms with E-state index in [-0.39, 0.29) is 35.2 Å². The normalized spacial score (nSPS) is 20.1. The summed E-state index contributed by atoms with van der Waals surface area (Å²) in [6.45, 7) is 7.30. The van der Waals surface area contributed by atoms with Crippen molar-refractivity contribution >= 4 is 17.8 Å². The van der Waals surface area contributed by atoms with Gasteiger partial charge in [0.05, 0.1) is 7.11 Å². The van der Waals surface area contributed by atoms with E-state index in [1.807, 2.05) is 13.8 Å². The molecule has 0 radical (unpaired) electrons. The van der Waals surface area contributed by atoms with E-state index in [0.29, 0.717) is 30.7 Å². The van der Waals surface area contributed by atoms with Crippen LogP contribution in [0.5, 0.6) is 0 Å². The fourth-order valence-corrected chi connectivity index (χ4v) is 3.83. The maximum Gasteiger partial charge on any atom is 0.360 e. The summed E-state index contributed by atoms with van der Waals surface area (Å²) in [6.07, 6.45) is 3.20. The van der Waals surface area contributed by atoms with Gasteiger partial charge in [0.15, 0.2) is 11.4 Å². The summed E-state index contributed by atoms with van der Waals surface area (Å²) in [6, 6.07) is -1.38. The second-order valence-electron chi connectivity index (χ2n) is 9.43. The summed E-state index contributed by atoms with van der Waals surface area (Å²) < 4.78 is 16.2. The fraction of sp³-hybridized carbons (Fsp3) is 0.625. The summed E-state index contributed by atoms with van der Waals surface area (Å²) in [4.78, 5) is 46.2. The number of nitrogens with one attached hydrogen (secondary N) is 2. The smallest absolute Gasteiger partial charge is 0.360 e. The SMILES string of the molecule is COC(=O)c1coc(-c2nc3oc2CCCCC[C@H](NC(=O)[C@@H](O)C(C)C)C(=O)NC3C(C)C)n1. The van der Waals surface area contributed by atoms with E-state index in [0.717, 1.165) is 12.8 Å². The van der Waals surface area contributed by atoms with Crippen molar-refractivity contribution in [3.8, 4) is 11.6 Å². The molecule has 2 aromatic heterocycles. The number of hydrogen-bond acceptors (Lipinski definition) is 9. The molecule has 3 heterocycles. The number of fused-ring (bicyclic) bond motifs is 2. The van der Waals surface area contributed by atoms with E-state index in [4.69, 9.17) is 8.83 Å². The zero-order valence-electron chi connectivity index (χ0n) is 20.8. The molecule has 3 rings (SSSR count). The number of esters is 1. The highest BCUT2D eigenvalue weighted by atomic mass is 16.5. The molecule has 3 atom stereocenters. The van der Waals surface area contributed by atoms with Gasteiger partial charge in [0, 0.05) is 6.42 Å². The van der Waals surface area contributed by atoms with Gasteiger partial charge in [-0.2, -0.15) is 0 Å². The first-order chi connectivity index (χ1) is 16.6. The molecular weight excluding hydrogens is 456 g/mol. The predicted octanol–water partition coefficient (Wildman–Crippen LogP) is 2.55.